The summed E-state index contributed by atoms with van der Waals surface area (Å²) in [5, 5.41) is 4.70. The number of halogens is 1. The summed E-state index contributed by atoms with van der Waals surface area (Å²) in [6, 6.07) is 13.6. The number of aromatic nitrogens is 3. The molecule has 2 saturated heterocycles. The number of piperazine rings is 1. The number of likely N-dealkylation sites (tertiary alicyclic amines) is 1. The maximum absolute atomic E-state index is 14.5. The second kappa shape index (κ2) is 13.9. The van der Waals surface area contributed by atoms with Gasteiger partial charge in [0.15, 0.2) is 0 Å². The monoisotopic (exact) mass is 641 g/mol. The Morgan fingerprint density at radius 1 is 1.02 bits per heavy atom. The van der Waals surface area contributed by atoms with Gasteiger partial charge in [-0.05, 0) is 68.1 Å². The Labute approximate surface area is 276 Å². The lowest BCUT2D eigenvalue weighted by Gasteiger charge is -2.34. The van der Waals surface area contributed by atoms with Gasteiger partial charge in [-0.25, -0.2) is 4.98 Å². The average Bonchev–Trinajstić information content (AvgIpc) is 3.07. The molecule has 1 unspecified atom stereocenters. The first kappa shape index (κ1) is 32.2. The quantitative estimate of drug-likeness (QED) is 0.246. The van der Waals surface area contributed by atoms with E-state index < -0.39 is 0 Å². The van der Waals surface area contributed by atoms with Gasteiger partial charge in [0.1, 0.15) is 5.65 Å². The highest BCUT2D eigenvalue weighted by atomic mass is 35.5. The number of benzene rings is 2. The zero-order valence-electron chi connectivity index (χ0n) is 27.4. The number of amides is 1. The van der Waals surface area contributed by atoms with E-state index >= 15 is 0 Å². The number of aryl methyl sites for hydroxylation is 2. The summed E-state index contributed by atoms with van der Waals surface area (Å²) in [7, 11) is 0. The van der Waals surface area contributed by atoms with Crippen LogP contribution in [-0.4, -0.2) is 81.0 Å². The van der Waals surface area contributed by atoms with Crippen LogP contribution in [0.3, 0.4) is 0 Å². The summed E-state index contributed by atoms with van der Waals surface area (Å²) in [4.78, 5) is 43.7. The van der Waals surface area contributed by atoms with Crippen molar-refractivity contribution in [3.63, 3.8) is 0 Å². The number of hydrogen-bond acceptors (Lipinski definition) is 7. The van der Waals surface area contributed by atoms with Crippen molar-refractivity contribution in [3.8, 4) is 11.1 Å². The summed E-state index contributed by atoms with van der Waals surface area (Å²) in [6.07, 6.45) is 3.82. The number of carbonyl (C=O) groups excluding carboxylic acids is 1. The number of fused-ring (bicyclic) bond motifs is 1. The normalized spacial score (nSPS) is 17.8. The first-order valence-corrected chi connectivity index (χ1v) is 16.9. The largest absolute Gasteiger partial charge is 0.341 e. The lowest BCUT2D eigenvalue weighted by molar-refractivity contribution is -0.132. The zero-order valence-corrected chi connectivity index (χ0v) is 28.1. The lowest BCUT2D eigenvalue weighted by Crippen LogP contribution is -2.45. The van der Waals surface area contributed by atoms with Crippen LogP contribution in [0.15, 0.2) is 53.5 Å². The molecule has 4 heterocycles. The molecule has 0 saturated carbocycles. The summed E-state index contributed by atoms with van der Waals surface area (Å²) < 4.78 is 1.79. The fraction of sp³-hybridized carbons (Fsp3) is 0.444. The highest BCUT2D eigenvalue weighted by Gasteiger charge is 2.29. The molecule has 6 rings (SSSR count). The number of rotatable bonds is 8. The second-order valence-corrected chi connectivity index (χ2v) is 13.0. The second-order valence-electron chi connectivity index (χ2n) is 12.6. The minimum absolute atomic E-state index is 0.0968. The van der Waals surface area contributed by atoms with Crippen LogP contribution in [0.4, 0.5) is 11.6 Å². The Kier molecular flexibility index (Phi) is 9.73. The molecule has 242 valence electrons. The zero-order chi connectivity index (χ0) is 32.4. The molecule has 2 aliphatic rings. The molecule has 0 bridgehead atoms. The van der Waals surface area contributed by atoms with Gasteiger partial charge in [0.2, 0.25) is 11.9 Å². The fourth-order valence-corrected chi connectivity index (χ4v) is 7.14. The number of nitrogens with one attached hydrogen (secondary N) is 1. The Morgan fingerprint density at radius 3 is 2.50 bits per heavy atom. The first-order valence-electron chi connectivity index (χ1n) is 16.5. The third-order valence-electron chi connectivity index (χ3n) is 9.67. The van der Waals surface area contributed by atoms with E-state index in [4.69, 9.17) is 21.6 Å². The van der Waals surface area contributed by atoms with Crippen LogP contribution >= 0.6 is 11.6 Å². The number of pyridine rings is 1. The molecule has 10 heteroatoms. The molecule has 2 aromatic carbocycles. The lowest BCUT2D eigenvalue weighted by atomic mass is 9.98. The molecule has 1 atom stereocenters. The molecule has 2 fully saturated rings. The van der Waals surface area contributed by atoms with Crippen LogP contribution in [0.1, 0.15) is 55.8 Å². The Bertz CT molecular complexity index is 1800. The fourth-order valence-electron chi connectivity index (χ4n) is 6.91. The Hall–Kier alpha value is -3.79. The molecule has 2 aliphatic heterocycles. The molecule has 0 aliphatic carbocycles. The van der Waals surface area contributed by atoms with Crippen molar-refractivity contribution in [1.29, 1.82) is 0 Å². The van der Waals surface area contributed by atoms with Crippen molar-refractivity contribution in [2.24, 2.45) is 0 Å². The van der Waals surface area contributed by atoms with E-state index in [1.54, 1.807) is 16.8 Å². The smallest absolute Gasteiger partial charge is 0.260 e. The van der Waals surface area contributed by atoms with E-state index in [-0.39, 0.29) is 17.5 Å². The molecule has 46 heavy (non-hydrogen) atoms. The summed E-state index contributed by atoms with van der Waals surface area (Å²) in [5.74, 6) is 0.519. The van der Waals surface area contributed by atoms with E-state index in [1.165, 1.54) is 11.1 Å². The standard InChI is InChI=1S/C36H44ClN7O2/c1-5-32(45)43-15-9-10-28(23-43)44-34-30(25(4)33(35(44)46)29-11-7-8-12-31(29)37)21-38-36(40-34)39-27-14-13-26(24(3)20-27)22-42-18-16-41(6-2)17-19-42/h7-8,11-14,20-21,28H,5-6,9-10,15-19,22-23H2,1-4H3,(H,38,39,40). The number of piperidine rings is 1. The number of hydrogen-bond donors (Lipinski definition) is 1. The van der Waals surface area contributed by atoms with Crippen LogP contribution in [0.2, 0.25) is 5.02 Å². The predicted octanol–water partition coefficient (Wildman–Crippen LogP) is 6.18. The minimum Gasteiger partial charge on any atom is -0.341 e. The van der Waals surface area contributed by atoms with E-state index in [0.29, 0.717) is 47.3 Å². The van der Waals surface area contributed by atoms with Crippen LogP contribution < -0.4 is 10.9 Å². The van der Waals surface area contributed by atoms with Crippen molar-refractivity contribution >= 4 is 40.2 Å². The summed E-state index contributed by atoms with van der Waals surface area (Å²) >= 11 is 6.63. The van der Waals surface area contributed by atoms with E-state index in [1.807, 2.05) is 36.9 Å². The molecule has 1 amide bonds. The van der Waals surface area contributed by atoms with Crippen LogP contribution in [0.25, 0.3) is 22.2 Å². The third-order valence-corrected chi connectivity index (χ3v) is 10.0. The SMILES string of the molecule is CCC(=O)N1CCCC(n2c(=O)c(-c3ccccc3Cl)c(C)c3cnc(Nc4ccc(CN5CCN(CC)CC5)c(C)c4)nc32)C1. The van der Waals surface area contributed by atoms with E-state index in [2.05, 4.69) is 47.2 Å². The number of anilines is 2. The van der Waals surface area contributed by atoms with Gasteiger partial charge in [0, 0.05) is 80.1 Å². The van der Waals surface area contributed by atoms with Gasteiger partial charge in [0.05, 0.1) is 11.6 Å². The maximum Gasteiger partial charge on any atom is 0.260 e. The summed E-state index contributed by atoms with van der Waals surface area (Å²) in [6.45, 7) is 15.8. The number of nitrogens with zero attached hydrogens (tertiary/aromatic N) is 6. The Balaban J connectivity index is 1.36. The highest BCUT2D eigenvalue weighted by Crippen LogP contribution is 2.34. The van der Waals surface area contributed by atoms with Crippen LogP contribution in [0.5, 0.6) is 0 Å². The van der Waals surface area contributed by atoms with Gasteiger partial charge in [-0.15, -0.1) is 0 Å². The van der Waals surface area contributed by atoms with Crippen molar-refractivity contribution < 1.29 is 4.79 Å². The van der Waals surface area contributed by atoms with Crippen molar-refractivity contribution in [2.45, 2.75) is 59.5 Å². The van der Waals surface area contributed by atoms with Gasteiger partial charge in [0.25, 0.3) is 5.56 Å². The molecule has 0 spiro atoms. The van der Waals surface area contributed by atoms with Gasteiger partial charge in [-0.2, -0.15) is 4.98 Å². The molecule has 0 radical (unpaired) electrons. The Morgan fingerprint density at radius 2 is 1.78 bits per heavy atom. The topological polar surface area (TPSA) is 86.6 Å². The average molecular weight is 642 g/mol. The van der Waals surface area contributed by atoms with E-state index in [0.717, 1.165) is 68.7 Å². The molecular weight excluding hydrogens is 598 g/mol. The van der Waals surface area contributed by atoms with E-state index in [9.17, 15) is 9.59 Å². The van der Waals surface area contributed by atoms with Crippen LogP contribution in [-0.2, 0) is 11.3 Å². The number of carbonyl (C=O) groups is 1. The summed E-state index contributed by atoms with van der Waals surface area (Å²) in [5.41, 5.74) is 5.84. The number of likely N-dealkylation sites (N-methyl/N-ethyl adjacent to an activating group) is 1. The van der Waals surface area contributed by atoms with Crippen molar-refractivity contribution in [2.75, 3.05) is 51.1 Å². The van der Waals surface area contributed by atoms with Gasteiger partial charge >= 0.3 is 0 Å². The van der Waals surface area contributed by atoms with Gasteiger partial charge in [-0.1, -0.05) is 49.7 Å². The molecule has 9 nitrogen and oxygen atoms in total. The predicted molar refractivity (Wildman–Crippen MR) is 186 cm³/mol. The first-order chi connectivity index (χ1) is 22.3. The minimum atomic E-state index is -0.218. The van der Waals surface area contributed by atoms with Crippen molar-refractivity contribution in [1.82, 2.24) is 29.2 Å². The highest BCUT2D eigenvalue weighted by molar-refractivity contribution is 6.33. The molecule has 2 aromatic heterocycles. The molecule has 1 N–H and O–H groups in total. The van der Waals surface area contributed by atoms with Gasteiger partial charge in [-0.3, -0.25) is 19.1 Å². The van der Waals surface area contributed by atoms with Gasteiger partial charge < -0.3 is 15.1 Å². The maximum atomic E-state index is 14.5. The molecular formula is C36H44ClN7O2. The molecule has 4 aromatic rings. The van der Waals surface area contributed by atoms with Crippen LogP contribution in [0, 0.1) is 13.8 Å². The van der Waals surface area contributed by atoms with Crippen molar-refractivity contribution in [3.05, 3.63) is 80.7 Å². The third kappa shape index (κ3) is 6.54.